The fourth-order valence-electron chi connectivity index (χ4n) is 2.02. The van der Waals surface area contributed by atoms with Crippen LogP contribution in [-0.4, -0.2) is 30.4 Å². The number of aliphatic hydroxyl groups excluding tert-OH is 1. The minimum atomic E-state index is -1.24. The van der Waals surface area contributed by atoms with Crippen molar-refractivity contribution in [3.63, 3.8) is 0 Å². The molecule has 6 heteroatoms. The molecule has 0 saturated carbocycles. The van der Waals surface area contributed by atoms with E-state index in [1.807, 2.05) is 30.3 Å². The molecule has 24 heavy (non-hydrogen) atoms. The summed E-state index contributed by atoms with van der Waals surface area (Å²) in [6, 6.07) is 16.0. The maximum absolute atomic E-state index is 11.8. The summed E-state index contributed by atoms with van der Waals surface area (Å²) in [4.78, 5) is 22.9. The molecular weight excluding hydrogens is 310 g/mol. The number of hydrogen-bond acceptors (Lipinski definition) is 5. The molecule has 2 N–H and O–H groups in total. The molecule has 1 atom stereocenters. The predicted octanol–water partition coefficient (Wildman–Crippen LogP) is 2.51. The maximum atomic E-state index is 11.8. The van der Waals surface area contributed by atoms with Crippen LogP contribution < -0.4 is 5.32 Å². The van der Waals surface area contributed by atoms with Gasteiger partial charge in [0.15, 0.2) is 6.10 Å². The number of benzene rings is 2. The first-order valence-electron chi connectivity index (χ1n) is 7.41. The molecule has 0 bridgehead atoms. The van der Waals surface area contributed by atoms with E-state index in [0.717, 1.165) is 11.1 Å². The van der Waals surface area contributed by atoms with E-state index in [9.17, 15) is 14.7 Å². The van der Waals surface area contributed by atoms with Gasteiger partial charge in [-0.15, -0.1) is 0 Å². The van der Waals surface area contributed by atoms with Crippen LogP contribution in [0.3, 0.4) is 0 Å². The largest absolute Gasteiger partial charge is 0.459 e. The van der Waals surface area contributed by atoms with Gasteiger partial charge in [-0.3, -0.25) is 5.32 Å². The summed E-state index contributed by atoms with van der Waals surface area (Å²) in [5.41, 5.74) is 2.16. The molecule has 0 heterocycles. The van der Waals surface area contributed by atoms with Crippen LogP contribution in [0.1, 0.15) is 11.1 Å². The van der Waals surface area contributed by atoms with E-state index < -0.39 is 18.2 Å². The van der Waals surface area contributed by atoms with Gasteiger partial charge in [-0.1, -0.05) is 42.5 Å². The number of methoxy groups -OCH3 is 1. The van der Waals surface area contributed by atoms with E-state index in [2.05, 4.69) is 10.1 Å². The molecule has 2 rings (SSSR count). The normalized spacial score (nSPS) is 11.4. The van der Waals surface area contributed by atoms with Crippen LogP contribution in [-0.2, 0) is 27.3 Å². The second-order valence-corrected chi connectivity index (χ2v) is 5.13. The Morgan fingerprint density at radius 1 is 1.04 bits per heavy atom. The molecule has 0 aromatic heterocycles. The SMILES string of the molecule is COC(=O)Nc1ccc(C[C@@H](O)C(=O)OCc2ccccc2)cc1. The second kappa shape index (κ2) is 8.69. The first-order valence-corrected chi connectivity index (χ1v) is 7.41. The lowest BCUT2D eigenvalue weighted by Gasteiger charge is -2.11. The van der Waals surface area contributed by atoms with Gasteiger partial charge in [0.25, 0.3) is 0 Å². The Hall–Kier alpha value is -2.86. The number of carbonyl (C=O) groups is 2. The fourth-order valence-corrected chi connectivity index (χ4v) is 2.02. The highest BCUT2D eigenvalue weighted by Gasteiger charge is 2.17. The van der Waals surface area contributed by atoms with Crippen LogP contribution in [0.25, 0.3) is 0 Å². The molecule has 126 valence electrons. The van der Waals surface area contributed by atoms with Gasteiger partial charge in [0.1, 0.15) is 6.61 Å². The number of esters is 1. The molecule has 0 saturated heterocycles. The third-order valence-corrected chi connectivity index (χ3v) is 3.31. The number of ether oxygens (including phenoxy) is 2. The van der Waals surface area contributed by atoms with Gasteiger partial charge < -0.3 is 14.6 Å². The molecule has 2 aromatic carbocycles. The Bertz CT molecular complexity index is 670. The zero-order valence-corrected chi connectivity index (χ0v) is 13.3. The lowest BCUT2D eigenvalue weighted by molar-refractivity contribution is -0.154. The number of anilines is 1. The van der Waals surface area contributed by atoms with Gasteiger partial charge in [0.2, 0.25) is 0 Å². The van der Waals surface area contributed by atoms with Crippen molar-refractivity contribution < 1.29 is 24.2 Å². The van der Waals surface area contributed by atoms with Gasteiger partial charge in [0.05, 0.1) is 7.11 Å². The third-order valence-electron chi connectivity index (χ3n) is 3.31. The summed E-state index contributed by atoms with van der Waals surface area (Å²) in [6.07, 6.45) is -1.67. The topological polar surface area (TPSA) is 84.9 Å². The highest BCUT2D eigenvalue weighted by molar-refractivity contribution is 5.84. The Kier molecular flexibility index (Phi) is 6.33. The number of nitrogens with one attached hydrogen (secondary N) is 1. The van der Waals surface area contributed by atoms with Gasteiger partial charge in [-0.25, -0.2) is 9.59 Å². The summed E-state index contributed by atoms with van der Waals surface area (Å²) in [6.45, 7) is 0.124. The molecule has 0 radical (unpaired) electrons. The summed E-state index contributed by atoms with van der Waals surface area (Å²) >= 11 is 0. The van der Waals surface area contributed by atoms with Crippen molar-refractivity contribution in [1.82, 2.24) is 0 Å². The Labute approximate surface area is 140 Å². The smallest absolute Gasteiger partial charge is 0.411 e. The summed E-state index contributed by atoms with van der Waals surface area (Å²) in [5, 5.41) is 12.5. The monoisotopic (exact) mass is 329 g/mol. The molecule has 0 fully saturated rings. The molecule has 0 aliphatic rings. The quantitative estimate of drug-likeness (QED) is 0.796. The van der Waals surface area contributed by atoms with E-state index in [4.69, 9.17) is 4.74 Å². The van der Waals surface area contributed by atoms with Crippen molar-refractivity contribution in [2.24, 2.45) is 0 Å². The molecule has 0 spiro atoms. The molecular formula is C18H19NO5. The van der Waals surface area contributed by atoms with Crippen LogP contribution in [0.2, 0.25) is 0 Å². The predicted molar refractivity (Wildman–Crippen MR) is 88.4 cm³/mol. The Morgan fingerprint density at radius 3 is 2.33 bits per heavy atom. The average molecular weight is 329 g/mol. The van der Waals surface area contributed by atoms with Gasteiger partial charge in [-0.2, -0.15) is 0 Å². The highest BCUT2D eigenvalue weighted by Crippen LogP contribution is 2.12. The maximum Gasteiger partial charge on any atom is 0.411 e. The van der Waals surface area contributed by atoms with Crippen molar-refractivity contribution in [1.29, 1.82) is 0 Å². The Morgan fingerprint density at radius 2 is 1.71 bits per heavy atom. The van der Waals surface area contributed by atoms with E-state index in [1.54, 1.807) is 24.3 Å². The summed E-state index contributed by atoms with van der Waals surface area (Å²) in [5.74, 6) is -0.671. The fraction of sp³-hybridized carbons (Fsp3) is 0.222. The van der Waals surface area contributed by atoms with E-state index >= 15 is 0 Å². The van der Waals surface area contributed by atoms with Crippen LogP contribution in [0.5, 0.6) is 0 Å². The lowest BCUT2D eigenvalue weighted by Crippen LogP contribution is -2.25. The first-order chi connectivity index (χ1) is 11.6. The van der Waals surface area contributed by atoms with Crippen molar-refractivity contribution >= 4 is 17.7 Å². The van der Waals surface area contributed by atoms with Crippen LogP contribution in [0, 0.1) is 0 Å². The van der Waals surface area contributed by atoms with Crippen molar-refractivity contribution in [3.8, 4) is 0 Å². The van der Waals surface area contributed by atoms with Crippen molar-refractivity contribution in [2.75, 3.05) is 12.4 Å². The minimum absolute atomic E-state index is 0.124. The molecule has 0 aliphatic heterocycles. The second-order valence-electron chi connectivity index (χ2n) is 5.13. The van der Waals surface area contributed by atoms with E-state index in [1.165, 1.54) is 7.11 Å². The number of amides is 1. The van der Waals surface area contributed by atoms with Gasteiger partial charge in [0, 0.05) is 12.1 Å². The molecule has 6 nitrogen and oxygen atoms in total. The Balaban J connectivity index is 1.83. The molecule has 0 unspecified atom stereocenters. The first kappa shape index (κ1) is 17.5. The zero-order chi connectivity index (χ0) is 17.4. The van der Waals surface area contributed by atoms with Crippen LogP contribution in [0.15, 0.2) is 54.6 Å². The van der Waals surface area contributed by atoms with E-state index in [-0.39, 0.29) is 13.0 Å². The summed E-state index contributed by atoms with van der Waals surface area (Å²) < 4.78 is 9.58. The number of aliphatic hydroxyl groups is 1. The number of carbonyl (C=O) groups excluding carboxylic acids is 2. The van der Waals surface area contributed by atoms with Crippen LogP contribution >= 0.6 is 0 Å². The lowest BCUT2D eigenvalue weighted by atomic mass is 10.1. The van der Waals surface area contributed by atoms with Crippen molar-refractivity contribution in [3.05, 3.63) is 65.7 Å². The highest BCUT2D eigenvalue weighted by atomic mass is 16.5. The van der Waals surface area contributed by atoms with E-state index in [0.29, 0.717) is 5.69 Å². The standard InChI is InChI=1S/C18H19NO5/c1-23-18(22)19-15-9-7-13(8-10-15)11-16(20)17(21)24-12-14-5-3-2-4-6-14/h2-10,16,20H,11-12H2,1H3,(H,19,22)/t16-/m1/s1. The average Bonchev–Trinajstić information content (AvgIpc) is 2.62. The minimum Gasteiger partial charge on any atom is -0.459 e. The van der Waals surface area contributed by atoms with Crippen LogP contribution in [0.4, 0.5) is 10.5 Å². The zero-order valence-electron chi connectivity index (χ0n) is 13.3. The molecule has 0 aliphatic carbocycles. The number of hydrogen-bond donors (Lipinski definition) is 2. The molecule has 1 amide bonds. The third kappa shape index (κ3) is 5.40. The van der Waals surface area contributed by atoms with Gasteiger partial charge in [-0.05, 0) is 23.3 Å². The number of rotatable bonds is 6. The summed E-state index contributed by atoms with van der Waals surface area (Å²) in [7, 11) is 1.28. The van der Waals surface area contributed by atoms with Crippen molar-refractivity contribution in [2.45, 2.75) is 19.1 Å². The molecule has 2 aromatic rings. The van der Waals surface area contributed by atoms with Gasteiger partial charge >= 0.3 is 12.1 Å².